The van der Waals surface area contributed by atoms with Gasteiger partial charge in [0.2, 0.25) is 0 Å². The third kappa shape index (κ3) is 3.28. The molecule has 0 unspecified atom stereocenters. The van der Waals surface area contributed by atoms with Crippen LogP contribution in [0.1, 0.15) is 49.0 Å². The van der Waals surface area contributed by atoms with Crippen molar-refractivity contribution in [1.29, 1.82) is 0 Å². The van der Waals surface area contributed by atoms with Crippen molar-refractivity contribution in [2.75, 3.05) is 18.0 Å². The Morgan fingerprint density at radius 2 is 2.00 bits per heavy atom. The number of carboxylic acids is 1. The molecule has 1 aliphatic rings. The number of aryl methyl sites for hydroxylation is 1. The molecule has 3 heteroatoms. The average Bonchev–Trinajstić information content (AvgIpc) is 2.49. The number of carbonyl (C=O) groups is 1. The molecule has 1 aliphatic heterocycles. The number of benzene rings is 1. The predicted molar refractivity (Wildman–Crippen MR) is 78.0 cm³/mol. The van der Waals surface area contributed by atoms with E-state index in [1.165, 1.54) is 19.3 Å². The van der Waals surface area contributed by atoms with Crippen LogP contribution >= 0.6 is 0 Å². The molecule has 19 heavy (non-hydrogen) atoms. The van der Waals surface area contributed by atoms with Crippen LogP contribution in [0.5, 0.6) is 0 Å². The highest BCUT2D eigenvalue weighted by Crippen LogP contribution is 2.32. The molecule has 0 aliphatic carbocycles. The lowest BCUT2D eigenvalue weighted by atomic mass is 9.85. The Morgan fingerprint density at radius 3 is 2.63 bits per heavy atom. The molecule has 0 spiro atoms. The summed E-state index contributed by atoms with van der Waals surface area (Å²) in [5.74, 6) is -0.846. The molecule has 0 radical (unpaired) electrons. The Bertz CT molecular complexity index is 480. The van der Waals surface area contributed by atoms with Gasteiger partial charge in [0.05, 0.1) is 5.56 Å². The van der Waals surface area contributed by atoms with E-state index in [2.05, 4.69) is 18.7 Å². The minimum atomic E-state index is -0.846. The fourth-order valence-corrected chi connectivity index (χ4v) is 2.77. The van der Waals surface area contributed by atoms with Crippen molar-refractivity contribution in [1.82, 2.24) is 0 Å². The van der Waals surface area contributed by atoms with Gasteiger partial charge in [0.25, 0.3) is 0 Å². The highest BCUT2D eigenvalue weighted by atomic mass is 16.4. The van der Waals surface area contributed by atoms with Gasteiger partial charge in [-0.3, -0.25) is 0 Å². The maximum absolute atomic E-state index is 11.0. The Labute approximate surface area is 115 Å². The second-order valence-corrected chi connectivity index (χ2v) is 6.31. The summed E-state index contributed by atoms with van der Waals surface area (Å²) in [5, 5.41) is 9.07. The molecule has 1 N–H and O–H groups in total. The van der Waals surface area contributed by atoms with Crippen molar-refractivity contribution < 1.29 is 9.90 Å². The number of nitrogens with zero attached hydrogens (tertiary/aromatic N) is 1. The van der Waals surface area contributed by atoms with E-state index >= 15 is 0 Å². The van der Waals surface area contributed by atoms with Crippen LogP contribution < -0.4 is 4.90 Å². The van der Waals surface area contributed by atoms with Crippen LogP contribution in [0.4, 0.5) is 5.69 Å². The normalized spacial score (nSPS) is 19.0. The molecule has 0 bridgehead atoms. The van der Waals surface area contributed by atoms with Crippen molar-refractivity contribution in [3.05, 3.63) is 29.3 Å². The summed E-state index contributed by atoms with van der Waals surface area (Å²) in [7, 11) is 0. The third-order valence-electron chi connectivity index (χ3n) is 4.15. The molecule has 1 aromatic rings. The minimum absolute atomic E-state index is 0.402. The van der Waals surface area contributed by atoms with Gasteiger partial charge >= 0.3 is 5.97 Å². The van der Waals surface area contributed by atoms with E-state index in [0.29, 0.717) is 11.0 Å². The highest BCUT2D eigenvalue weighted by Gasteiger charge is 2.23. The number of aromatic carboxylic acids is 1. The molecule has 0 aromatic heterocycles. The van der Waals surface area contributed by atoms with E-state index in [9.17, 15) is 4.79 Å². The van der Waals surface area contributed by atoms with Gasteiger partial charge in [0, 0.05) is 18.8 Å². The molecule has 0 atom stereocenters. The summed E-state index contributed by atoms with van der Waals surface area (Å²) < 4.78 is 0. The van der Waals surface area contributed by atoms with Gasteiger partial charge in [-0.2, -0.15) is 0 Å². The lowest BCUT2D eigenvalue weighted by Gasteiger charge is -2.25. The zero-order valence-corrected chi connectivity index (χ0v) is 12.1. The second kappa shape index (κ2) is 5.24. The number of carboxylic acid groups (broad SMARTS) is 1. The van der Waals surface area contributed by atoms with E-state index < -0.39 is 5.97 Å². The Balaban J connectivity index is 2.18. The smallest absolute Gasteiger partial charge is 0.335 e. The lowest BCUT2D eigenvalue weighted by Crippen LogP contribution is -2.25. The number of rotatable bonds is 2. The first-order valence-electron chi connectivity index (χ1n) is 6.98. The molecule has 1 fully saturated rings. The van der Waals surface area contributed by atoms with Crippen molar-refractivity contribution in [3.8, 4) is 0 Å². The first-order chi connectivity index (χ1) is 8.89. The molecule has 104 valence electrons. The summed E-state index contributed by atoms with van der Waals surface area (Å²) in [4.78, 5) is 13.4. The Kier molecular flexibility index (Phi) is 3.83. The van der Waals surface area contributed by atoms with Crippen LogP contribution in [0.2, 0.25) is 0 Å². The quantitative estimate of drug-likeness (QED) is 0.882. The van der Waals surface area contributed by atoms with Gasteiger partial charge < -0.3 is 10.0 Å². The van der Waals surface area contributed by atoms with Crippen LogP contribution in [0.25, 0.3) is 0 Å². The van der Waals surface area contributed by atoms with Gasteiger partial charge in [-0.05, 0) is 55.4 Å². The molecule has 3 nitrogen and oxygen atoms in total. The third-order valence-corrected chi connectivity index (χ3v) is 4.15. The highest BCUT2D eigenvalue weighted by molar-refractivity contribution is 5.89. The zero-order valence-electron chi connectivity index (χ0n) is 12.1. The van der Waals surface area contributed by atoms with Crippen LogP contribution in [-0.4, -0.2) is 24.2 Å². The first kappa shape index (κ1) is 13.9. The van der Waals surface area contributed by atoms with E-state index in [0.717, 1.165) is 24.3 Å². The molecular weight excluding hydrogens is 238 g/mol. The summed E-state index contributed by atoms with van der Waals surface area (Å²) >= 11 is 0. The molecule has 0 saturated carbocycles. The van der Waals surface area contributed by atoms with E-state index in [1.54, 1.807) is 6.07 Å². The molecule has 1 saturated heterocycles. The van der Waals surface area contributed by atoms with Crippen molar-refractivity contribution >= 4 is 11.7 Å². The number of hydrogen-bond donors (Lipinski definition) is 1. The molecule has 1 heterocycles. The maximum Gasteiger partial charge on any atom is 0.335 e. The largest absolute Gasteiger partial charge is 0.478 e. The molecule has 0 amide bonds. The second-order valence-electron chi connectivity index (χ2n) is 6.31. The predicted octanol–water partition coefficient (Wildman–Crippen LogP) is 3.71. The SMILES string of the molecule is Cc1cc(N2CCCC(C)(C)CC2)ccc1C(=O)O. The van der Waals surface area contributed by atoms with Gasteiger partial charge in [-0.15, -0.1) is 0 Å². The van der Waals surface area contributed by atoms with Crippen LogP contribution in [0.3, 0.4) is 0 Å². The van der Waals surface area contributed by atoms with Crippen LogP contribution in [-0.2, 0) is 0 Å². The topological polar surface area (TPSA) is 40.5 Å². The standard InChI is InChI=1S/C16H23NO2/c1-12-11-13(5-6-14(12)15(18)19)17-9-4-7-16(2,3)8-10-17/h5-6,11H,4,7-10H2,1-3H3,(H,18,19). The molecule has 1 aromatic carbocycles. The van der Waals surface area contributed by atoms with E-state index in [4.69, 9.17) is 5.11 Å². The fourth-order valence-electron chi connectivity index (χ4n) is 2.77. The zero-order chi connectivity index (χ0) is 14.0. The monoisotopic (exact) mass is 261 g/mol. The van der Waals surface area contributed by atoms with Crippen LogP contribution in [0, 0.1) is 12.3 Å². The number of anilines is 1. The van der Waals surface area contributed by atoms with Gasteiger partial charge in [0.1, 0.15) is 0 Å². The molecule has 2 rings (SSSR count). The van der Waals surface area contributed by atoms with E-state index in [1.807, 2.05) is 19.1 Å². The van der Waals surface area contributed by atoms with Crippen molar-refractivity contribution in [2.24, 2.45) is 5.41 Å². The summed E-state index contributed by atoms with van der Waals surface area (Å²) in [5.41, 5.74) is 2.82. The maximum atomic E-state index is 11.0. The summed E-state index contributed by atoms with van der Waals surface area (Å²) in [6.45, 7) is 8.65. The van der Waals surface area contributed by atoms with Gasteiger partial charge in [-0.1, -0.05) is 13.8 Å². The average molecular weight is 261 g/mol. The van der Waals surface area contributed by atoms with Gasteiger partial charge in [0.15, 0.2) is 0 Å². The van der Waals surface area contributed by atoms with Crippen molar-refractivity contribution in [3.63, 3.8) is 0 Å². The molecular formula is C16H23NO2. The van der Waals surface area contributed by atoms with Crippen molar-refractivity contribution in [2.45, 2.75) is 40.0 Å². The lowest BCUT2D eigenvalue weighted by molar-refractivity contribution is 0.0696. The number of hydrogen-bond acceptors (Lipinski definition) is 2. The first-order valence-corrected chi connectivity index (χ1v) is 6.98. The minimum Gasteiger partial charge on any atom is -0.478 e. The van der Waals surface area contributed by atoms with E-state index in [-0.39, 0.29) is 0 Å². The fraction of sp³-hybridized carbons (Fsp3) is 0.562. The Morgan fingerprint density at radius 1 is 1.26 bits per heavy atom. The summed E-state index contributed by atoms with van der Waals surface area (Å²) in [6.07, 6.45) is 3.65. The van der Waals surface area contributed by atoms with Crippen LogP contribution in [0.15, 0.2) is 18.2 Å². The summed E-state index contributed by atoms with van der Waals surface area (Å²) in [6, 6.07) is 5.67. The Hall–Kier alpha value is -1.51. The van der Waals surface area contributed by atoms with Gasteiger partial charge in [-0.25, -0.2) is 4.79 Å².